The van der Waals surface area contributed by atoms with Crippen molar-refractivity contribution in [2.45, 2.75) is 25.5 Å². The molecule has 0 fully saturated rings. The van der Waals surface area contributed by atoms with Gasteiger partial charge in [-0.05, 0) is 25.3 Å². The van der Waals surface area contributed by atoms with Crippen molar-refractivity contribution < 1.29 is 14.9 Å². The number of fused-ring (bicyclic) bond motifs is 1. The lowest BCUT2D eigenvalue weighted by Crippen LogP contribution is -2.47. The van der Waals surface area contributed by atoms with Crippen LogP contribution in [0.2, 0.25) is 0 Å². The number of hydrogen-bond acceptors (Lipinski definition) is 4. The molecule has 0 bridgehead atoms. The van der Waals surface area contributed by atoms with Crippen LogP contribution in [-0.4, -0.2) is 41.6 Å². The van der Waals surface area contributed by atoms with Crippen LogP contribution >= 0.6 is 0 Å². The van der Waals surface area contributed by atoms with E-state index in [0.29, 0.717) is 6.54 Å². The Labute approximate surface area is 125 Å². The molecule has 0 saturated carbocycles. The first kappa shape index (κ1) is 15.8. The highest BCUT2D eigenvalue weighted by Gasteiger charge is 2.17. The third-order valence-electron chi connectivity index (χ3n) is 3.39. The molecule has 0 aromatic heterocycles. The third kappa shape index (κ3) is 4.43. The predicted molar refractivity (Wildman–Crippen MR) is 84.6 cm³/mol. The van der Waals surface area contributed by atoms with Gasteiger partial charge < -0.3 is 20.3 Å². The Balaban J connectivity index is 1.93. The van der Waals surface area contributed by atoms with E-state index < -0.39 is 11.6 Å². The molecule has 0 amide bonds. The minimum atomic E-state index is -0.630. The van der Waals surface area contributed by atoms with Crippen molar-refractivity contribution in [1.82, 2.24) is 5.32 Å². The van der Waals surface area contributed by atoms with Crippen molar-refractivity contribution in [3.05, 3.63) is 42.5 Å². The predicted octanol–water partition coefficient (Wildman–Crippen LogP) is 1.94. The molecule has 2 aromatic carbocycles. The molecule has 0 aliphatic carbocycles. The maximum atomic E-state index is 9.97. The Kier molecular flexibility index (Phi) is 5.17. The number of β-amino-alcohol motifs (C(OH)–C–C–N with tert-alkyl or cyclic N) is 1. The van der Waals surface area contributed by atoms with Crippen molar-refractivity contribution in [3.8, 4) is 5.75 Å². The highest BCUT2D eigenvalue weighted by molar-refractivity contribution is 5.88. The van der Waals surface area contributed by atoms with Crippen LogP contribution in [0.4, 0.5) is 0 Å². The SMILES string of the molecule is CC(C)(CO)NC[C@@H](O)COc1cccc2ccccc12. The van der Waals surface area contributed by atoms with Crippen LogP contribution in [0.15, 0.2) is 42.5 Å². The molecule has 0 spiro atoms. The van der Waals surface area contributed by atoms with Gasteiger partial charge in [-0.1, -0.05) is 36.4 Å². The molecule has 0 aliphatic rings. The zero-order valence-electron chi connectivity index (χ0n) is 12.5. The van der Waals surface area contributed by atoms with Gasteiger partial charge in [0.1, 0.15) is 18.5 Å². The smallest absolute Gasteiger partial charge is 0.127 e. The first-order valence-electron chi connectivity index (χ1n) is 7.16. The van der Waals surface area contributed by atoms with Crippen molar-refractivity contribution >= 4 is 10.8 Å². The summed E-state index contributed by atoms with van der Waals surface area (Å²) >= 11 is 0. The van der Waals surface area contributed by atoms with Gasteiger partial charge >= 0.3 is 0 Å². The number of hydrogen-bond donors (Lipinski definition) is 3. The molecule has 0 heterocycles. The lowest BCUT2D eigenvalue weighted by atomic mass is 10.1. The third-order valence-corrected chi connectivity index (χ3v) is 3.39. The van der Waals surface area contributed by atoms with E-state index in [1.807, 2.05) is 56.3 Å². The largest absolute Gasteiger partial charge is 0.490 e. The second kappa shape index (κ2) is 6.89. The lowest BCUT2D eigenvalue weighted by molar-refractivity contribution is 0.0913. The molecule has 0 radical (unpaired) electrons. The summed E-state index contributed by atoms with van der Waals surface area (Å²) in [6.45, 7) is 4.36. The zero-order chi connectivity index (χ0) is 15.3. The van der Waals surface area contributed by atoms with Gasteiger partial charge in [0.2, 0.25) is 0 Å². The van der Waals surface area contributed by atoms with Gasteiger partial charge in [-0.15, -0.1) is 0 Å². The summed E-state index contributed by atoms with van der Waals surface area (Å²) < 4.78 is 5.73. The van der Waals surface area contributed by atoms with E-state index in [0.717, 1.165) is 16.5 Å². The van der Waals surface area contributed by atoms with Crippen molar-refractivity contribution in [2.24, 2.45) is 0 Å². The minimum Gasteiger partial charge on any atom is -0.490 e. The fourth-order valence-electron chi connectivity index (χ4n) is 2.02. The standard InChI is InChI=1S/C17H23NO3/c1-17(2,12-19)18-10-14(20)11-21-16-9-5-7-13-6-3-4-8-15(13)16/h3-9,14,18-20H,10-12H2,1-2H3/t14-/m1/s1. The fourth-order valence-corrected chi connectivity index (χ4v) is 2.02. The zero-order valence-corrected chi connectivity index (χ0v) is 12.5. The van der Waals surface area contributed by atoms with Crippen molar-refractivity contribution in [3.63, 3.8) is 0 Å². The van der Waals surface area contributed by atoms with E-state index in [2.05, 4.69) is 5.32 Å². The normalized spacial score (nSPS) is 13.3. The highest BCUT2D eigenvalue weighted by atomic mass is 16.5. The molecule has 2 rings (SSSR count). The molecule has 1 atom stereocenters. The fraction of sp³-hybridized carbons (Fsp3) is 0.412. The van der Waals surface area contributed by atoms with E-state index in [-0.39, 0.29) is 13.2 Å². The molecule has 0 saturated heterocycles. The Morgan fingerprint density at radius 3 is 2.62 bits per heavy atom. The number of benzene rings is 2. The molecule has 4 heteroatoms. The Hall–Kier alpha value is -1.62. The number of ether oxygens (including phenoxy) is 1. The summed E-state index contributed by atoms with van der Waals surface area (Å²) in [5.41, 5.74) is -0.402. The van der Waals surface area contributed by atoms with E-state index in [4.69, 9.17) is 9.84 Å². The molecule has 2 aromatic rings. The summed E-state index contributed by atoms with van der Waals surface area (Å²) in [4.78, 5) is 0. The molecule has 4 nitrogen and oxygen atoms in total. The van der Waals surface area contributed by atoms with Gasteiger partial charge in [0.15, 0.2) is 0 Å². The van der Waals surface area contributed by atoms with E-state index in [9.17, 15) is 5.11 Å². The highest BCUT2D eigenvalue weighted by Crippen LogP contribution is 2.25. The molecular formula is C17H23NO3. The van der Waals surface area contributed by atoms with Crippen LogP contribution in [0.1, 0.15) is 13.8 Å². The van der Waals surface area contributed by atoms with Crippen molar-refractivity contribution in [2.75, 3.05) is 19.8 Å². The molecular weight excluding hydrogens is 266 g/mol. The monoisotopic (exact) mass is 289 g/mol. The average molecular weight is 289 g/mol. The van der Waals surface area contributed by atoms with E-state index >= 15 is 0 Å². The molecule has 3 N–H and O–H groups in total. The molecule has 0 aliphatic heterocycles. The molecule has 0 unspecified atom stereocenters. The number of rotatable bonds is 7. The first-order valence-corrected chi connectivity index (χ1v) is 7.16. The second-order valence-electron chi connectivity index (χ2n) is 5.87. The van der Waals surface area contributed by atoms with Gasteiger partial charge in [-0.25, -0.2) is 0 Å². The minimum absolute atomic E-state index is 0.0178. The van der Waals surface area contributed by atoms with Crippen LogP contribution in [0, 0.1) is 0 Å². The van der Waals surface area contributed by atoms with Crippen LogP contribution in [-0.2, 0) is 0 Å². The number of aliphatic hydroxyl groups excluding tert-OH is 2. The number of nitrogens with one attached hydrogen (secondary N) is 1. The average Bonchev–Trinajstić information content (AvgIpc) is 2.51. The summed E-state index contributed by atoms with van der Waals surface area (Å²) in [6, 6.07) is 13.9. The van der Waals surface area contributed by atoms with E-state index in [1.54, 1.807) is 0 Å². The summed E-state index contributed by atoms with van der Waals surface area (Å²) in [6.07, 6.45) is -0.630. The molecule has 114 valence electrons. The second-order valence-corrected chi connectivity index (χ2v) is 5.87. The van der Waals surface area contributed by atoms with Gasteiger partial charge in [-0.3, -0.25) is 0 Å². The van der Waals surface area contributed by atoms with Gasteiger partial charge in [0.25, 0.3) is 0 Å². The summed E-state index contributed by atoms with van der Waals surface area (Å²) in [7, 11) is 0. The summed E-state index contributed by atoms with van der Waals surface area (Å²) in [5, 5.41) is 24.4. The van der Waals surface area contributed by atoms with Gasteiger partial charge in [0.05, 0.1) is 6.61 Å². The first-order chi connectivity index (χ1) is 10.0. The van der Waals surface area contributed by atoms with Crippen LogP contribution in [0.3, 0.4) is 0 Å². The Morgan fingerprint density at radius 2 is 1.86 bits per heavy atom. The van der Waals surface area contributed by atoms with Crippen molar-refractivity contribution in [1.29, 1.82) is 0 Å². The van der Waals surface area contributed by atoms with Crippen LogP contribution in [0.5, 0.6) is 5.75 Å². The van der Waals surface area contributed by atoms with Crippen LogP contribution < -0.4 is 10.1 Å². The summed E-state index contributed by atoms with van der Waals surface area (Å²) in [5.74, 6) is 0.772. The van der Waals surface area contributed by atoms with Gasteiger partial charge in [0, 0.05) is 17.5 Å². The quantitative estimate of drug-likeness (QED) is 0.729. The molecule has 21 heavy (non-hydrogen) atoms. The topological polar surface area (TPSA) is 61.7 Å². The number of aliphatic hydroxyl groups is 2. The Bertz CT molecular complexity index is 578. The maximum Gasteiger partial charge on any atom is 0.127 e. The maximum absolute atomic E-state index is 9.97. The lowest BCUT2D eigenvalue weighted by Gasteiger charge is -2.25. The van der Waals surface area contributed by atoms with Crippen LogP contribution in [0.25, 0.3) is 10.8 Å². The Morgan fingerprint density at radius 1 is 1.14 bits per heavy atom. The van der Waals surface area contributed by atoms with Gasteiger partial charge in [-0.2, -0.15) is 0 Å². The van der Waals surface area contributed by atoms with E-state index in [1.165, 1.54) is 0 Å².